The maximum absolute atomic E-state index is 5.24. The molecule has 11 rings (SSSR count). The highest BCUT2D eigenvalue weighted by molar-refractivity contribution is 7.26. The zero-order chi connectivity index (χ0) is 38.8. The van der Waals surface area contributed by atoms with Crippen molar-refractivity contribution in [2.24, 2.45) is 0 Å². The van der Waals surface area contributed by atoms with Crippen LogP contribution in [0.15, 0.2) is 188 Å². The van der Waals surface area contributed by atoms with E-state index in [9.17, 15) is 0 Å². The second kappa shape index (κ2) is 13.6. The number of thiophene rings is 1. The van der Waals surface area contributed by atoms with Crippen LogP contribution in [0.1, 0.15) is 25.0 Å². The van der Waals surface area contributed by atoms with Gasteiger partial charge in [0.2, 0.25) is 0 Å². The van der Waals surface area contributed by atoms with Crippen molar-refractivity contribution in [1.29, 1.82) is 0 Å². The molecular formula is C54H37N3S. The minimum absolute atomic E-state index is 0.0435. The van der Waals surface area contributed by atoms with Crippen molar-refractivity contribution in [2.75, 3.05) is 0 Å². The Morgan fingerprint density at radius 2 is 0.914 bits per heavy atom. The molecule has 0 radical (unpaired) electrons. The van der Waals surface area contributed by atoms with Crippen LogP contribution in [0.5, 0.6) is 0 Å². The molecule has 1 aliphatic carbocycles. The van der Waals surface area contributed by atoms with E-state index in [0.29, 0.717) is 17.5 Å². The van der Waals surface area contributed by atoms with Gasteiger partial charge in [0, 0.05) is 42.3 Å². The van der Waals surface area contributed by atoms with Crippen LogP contribution in [0, 0.1) is 0 Å². The van der Waals surface area contributed by atoms with Crippen molar-refractivity contribution in [3.8, 4) is 78.7 Å². The number of hydrogen-bond acceptors (Lipinski definition) is 4. The van der Waals surface area contributed by atoms with Crippen LogP contribution < -0.4 is 0 Å². The molecule has 8 aromatic carbocycles. The van der Waals surface area contributed by atoms with Crippen molar-refractivity contribution in [2.45, 2.75) is 19.3 Å². The smallest absolute Gasteiger partial charge is 0.165 e. The number of rotatable bonds is 6. The lowest BCUT2D eigenvalue weighted by molar-refractivity contribution is 0.660. The number of benzene rings is 8. The van der Waals surface area contributed by atoms with Crippen molar-refractivity contribution in [3.05, 3.63) is 199 Å². The van der Waals surface area contributed by atoms with Gasteiger partial charge in [-0.05, 0) is 73.8 Å². The van der Waals surface area contributed by atoms with Gasteiger partial charge in [0.05, 0.1) is 0 Å². The summed E-state index contributed by atoms with van der Waals surface area (Å²) in [5.41, 5.74) is 15.3. The first-order valence-corrected chi connectivity index (χ1v) is 20.6. The Bertz CT molecular complexity index is 3200. The molecule has 0 saturated heterocycles. The van der Waals surface area contributed by atoms with Gasteiger partial charge in [-0.1, -0.05) is 184 Å². The summed E-state index contributed by atoms with van der Waals surface area (Å²) >= 11 is 1.79. The number of hydrogen-bond donors (Lipinski definition) is 0. The summed E-state index contributed by atoms with van der Waals surface area (Å²) in [4.78, 5) is 15.7. The third-order valence-corrected chi connectivity index (χ3v) is 13.0. The standard InChI is InChI=1S/C54H37N3S/c1-54(2)46-26-10-8-22-44(46)49-40(23-14-27-47(49)54)38-18-12-17-37(33-38)34-29-31-36(32-30-34)51-55-52(43-21-7-6-19-39(43)35-15-4-3-5-16-35)57-53(56-51)45-25-13-24-42-41-20-9-11-28-48(41)58-50(42)45/h3-33H,1-2H3. The minimum Gasteiger partial charge on any atom is -0.208 e. The fourth-order valence-electron chi connectivity index (χ4n) is 8.89. The van der Waals surface area contributed by atoms with E-state index in [1.807, 2.05) is 6.07 Å². The second-order valence-electron chi connectivity index (χ2n) is 15.6. The summed E-state index contributed by atoms with van der Waals surface area (Å²) in [7, 11) is 0. The first kappa shape index (κ1) is 34.3. The lowest BCUT2D eigenvalue weighted by Gasteiger charge is -2.21. The Kier molecular flexibility index (Phi) is 8.02. The molecule has 0 unspecified atom stereocenters. The molecule has 0 spiro atoms. The summed E-state index contributed by atoms with van der Waals surface area (Å²) in [6.45, 7) is 4.68. The van der Waals surface area contributed by atoms with Crippen LogP contribution in [0.25, 0.3) is 98.8 Å². The normalized spacial score (nSPS) is 12.8. The van der Waals surface area contributed by atoms with Crippen LogP contribution >= 0.6 is 11.3 Å². The number of aromatic nitrogens is 3. The molecule has 0 bridgehead atoms. The molecule has 0 amide bonds. The van der Waals surface area contributed by atoms with E-state index in [2.05, 4.69) is 196 Å². The monoisotopic (exact) mass is 759 g/mol. The minimum atomic E-state index is -0.0435. The summed E-state index contributed by atoms with van der Waals surface area (Å²) < 4.78 is 2.42. The van der Waals surface area contributed by atoms with Crippen molar-refractivity contribution < 1.29 is 0 Å². The number of fused-ring (bicyclic) bond motifs is 6. The van der Waals surface area contributed by atoms with Gasteiger partial charge in [0.1, 0.15) is 0 Å². The van der Waals surface area contributed by atoms with E-state index in [0.717, 1.165) is 38.9 Å². The van der Waals surface area contributed by atoms with Crippen molar-refractivity contribution in [3.63, 3.8) is 0 Å². The summed E-state index contributed by atoms with van der Waals surface area (Å²) in [5, 5.41) is 2.46. The molecule has 3 nitrogen and oxygen atoms in total. The highest BCUT2D eigenvalue weighted by atomic mass is 32.1. The van der Waals surface area contributed by atoms with E-state index < -0.39 is 0 Å². The fourth-order valence-corrected chi connectivity index (χ4v) is 10.1. The van der Waals surface area contributed by atoms with E-state index in [-0.39, 0.29) is 5.41 Å². The largest absolute Gasteiger partial charge is 0.208 e. The van der Waals surface area contributed by atoms with Gasteiger partial charge >= 0.3 is 0 Å². The van der Waals surface area contributed by atoms with Gasteiger partial charge in [-0.3, -0.25) is 0 Å². The molecule has 2 aromatic heterocycles. The van der Waals surface area contributed by atoms with Gasteiger partial charge in [0.15, 0.2) is 17.5 Å². The third-order valence-electron chi connectivity index (χ3n) is 11.8. The van der Waals surface area contributed by atoms with E-state index >= 15 is 0 Å². The predicted molar refractivity (Wildman–Crippen MR) is 243 cm³/mol. The molecule has 0 fully saturated rings. The molecule has 0 saturated carbocycles. The van der Waals surface area contributed by atoms with Crippen LogP contribution in [-0.4, -0.2) is 15.0 Å². The van der Waals surface area contributed by atoms with Gasteiger partial charge < -0.3 is 0 Å². The van der Waals surface area contributed by atoms with Crippen LogP contribution in [0.2, 0.25) is 0 Å². The Hall–Kier alpha value is -7.01. The zero-order valence-corrected chi connectivity index (χ0v) is 33.0. The molecule has 2 heterocycles. The van der Waals surface area contributed by atoms with Gasteiger partial charge in [-0.2, -0.15) is 0 Å². The zero-order valence-electron chi connectivity index (χ0n) is 32.1. The van der Waals surface area contributed by atoms with Gasteiger partial charge in [-0.15, -0.1) is 11.3 Å². The Morgan fingerprint density at radius 3 is 1.76 bits per heavy atom. The maximum atomic E-state index is 5.24. The van der Waals surface area contributed by atoms with Gasteiger partial charge in [0.25, 0.3) is 0 Å². The van der Waals surface area contributed by atoms with Crippen molar-refractivity contribution >= 4 is 31.5 Å². The molecule has 58 heavy (non-hydrogen) atoms. The first-order valence-electron chi connectivity index (χ1n) is 19.8. The third kappa shape index (κ3) is 5.60. The predicted octanol–water partition coefficient (Wildman–Crippen LogP) is 14.5. The highest BCUT2D eigenvalue weighted by Crippen LogP contribution is 2.52. The highest BCUT2D eigenvalue weighted by Gasteiger charge is 2.36. The lowest BCUT2D eigenvalue weighted by atomic mass is 9.82. The number of nitrogens with zero attached hydrogens (tertiary/aromatic N) is 3. The molecule has 4 heteroatoms. The average molecular weight is 760 g/mol. The molecular weight excluding hydrogens is 723 g/mol. The van der Waals surface area contributed by atoms with Crippen LogP contribution in [-0.2, 0) is 5.41 Å². The molecule has 1 aliphatic rings. The van der Waals surface area contributed by atoms with E-state index in [1.165, 1.54) is 53.6 Å². The first-order chi connectivity index (χ1) is 28.5. The molecule has 0 atom stereocenters. The second-order valence-corrected chi connectivity index (χ2v) is 16.6. The molecule has 10 aromatic rings. The van der Waals surface area contributed by atoms with Crippen LogP contribution in [0.3, 0.4) is 0 Å². The summed E-state index contributed by atoms with van der Waals surface area (Å²) in [6.07, 6.45) is 0. The summed E-state index contributed by atoms with van der Waals surface area (Å²) in [5.74, 6) is 1.95. The van der Waals surface area contributed by atoms with E-state index in [4.69, 9.17) is 15.0 Å². The Balaban J connectivity index is 1.02. The lowest BCUT2D eigenvalue weighted by Crippen LogP contribution is -2.14. The quantitative estimate of drug-likeness (QED) is 0.169. The molecule has 0 N–H and O–H groups in total. The topological polar surface area (TPSA) is 38.7 Å². The Morgan fingerprint density at radius 1 is 0.362 bits per heavy atom. The fraction of sp³-hybridized carbons (Fsp3) is 0.0556. The van der Waals surface area contributed by atoms with E-state index in [1.54, 1.807) is 11.3 Å². The average Bonchev–Trinajstić information content (AvgIpc) is 3.79. The summed E-state index contributed by atoms with van der Waals surface area (Å²) in [6, 6.07) is 67.1. The molecule has 274 valence electrons. The van der Waals surface area contributed by atoms with Gasteiger partial charge in [-0.25, -0.2) is 15.0 Å². The molecule has 0 aliphatic heterocycles. The Labute approximate surface area is 342 Å². The van der Waals surface area contributed by atoms with Crippen molar-refractivity contribution in [1.82, 2.24) is 15.0 Å². The maximum Gasteiger partial charge on any atom is 0.165 e. The van der Waals surface area contributed by atoms with Crippen LogP contribution in [0.4, 0.5) is 0 Å². The SMILES string of the molecule is CC1(C)c2ccccc2-c2c(-c3cccc(-c4ccc(-c5nc(-c6ccccc6-c6ccccc6)nc(-c6cccc7c6sc6ccccc67)n5)cc4)c3)cccc21.